The summed E-state index contributed by atoms with van der Waals surface area (Å²) in [4.78, 5) is 0. The zero-order valence-corrected chi connectivity index (χ0v) is 7.53. The largest absolute Gasteiger partial charge is 0.419 e. The van der Waals surface area contributed by atoms with E-state index in [1.165, 1.54) is 12.1 Å². The summed E-state index contributed by atoms with van der Waals surface area (Å²) in [7, 11) is 0. The van der Waals surface area contributed by atoms with Crippen LogP contribution in [0.3, 0.4) is 0 Å². The molecular weight excluding hydrogens is 220 g/mol. The summed E-state index contributed by atoms with van der Waals surface area (Å²) < 4.78 is 48.5. The maximum atomic E-state index is 12.2. The van der Waals surface area contributed by atoms with Gasteiger partial charge >= 0.3 is 6.18 Å². The summed E-state index contributed by atoms with van der Waals surface area (Å²) in [5, 5.41) is 0.300. The van der Waals surface area contributed by atoms with Gasteiger partial charge in [0.05, 0.1) is 11.9 Å². The van der Waals surface area contributed by atoms with Gasteiger partial charge in [-0.2, -0.15) is 13.2 Å². The van der Waals surface area contributed by atoms with Gasteiger partial charge in [-0.15, -0.1) is 0 Å². The fourth-order valence-corrected chi connectivity index (χ4v) is 1.04. The lowest BCUT2D eigenvalue weighted by molar-refractivity contribution is -0.0694. The fraction of sp³-hybridized carbons (Fsp3) is 0.111. The predicted molar refractivity (Wildman–Crippen MR) is 46.6 cm³/mol. The van der Waals surface area contributed by atoms with Crippen molar-refractivity contribution in [2.75, 3.05) is 0 Å². The van der Waals surface area contributed by atoms with E-state index in [-0.39, 0.29) is 5.56 Å². The van der Waals surface area contributed by atoms with Crippen LogP contribution in [0.25, 0.3) is 5.57 Å². The molecule has 0 fully saturated rings. The normalized spacial score (nSPS) is 13.1. The lowest BCUT2D eigenvalue weighted by atomic mass is 10.1. The first-order valence-corrected chi connectivity index (χ1v) is 3.96. The minimum atomic E-state index is -4.69. The molecule has 14 heavy (non-hydrogen) atoms. The van der Waals surface area contributed by atoms with Gasteiger partial charge in [-0.1, -0.05) is 23.7 Å². The van der Waals surface area contributed by atoms with Crippen molar-refractivity contribution in [1.29, 1.82) is 0 Å². The van der Waals surface area contributed by atoms with E-state index in [1.807, 2.05) is 0 Å². The quantitative estimate of drug-likeness (QED) is 0.627. The second-order valence-corrected chi connectivity index (χ2v) is 2.96. The van der Waals surface area contributed by atoms with Gasteiger partial charge in [-0.25, -0.2) is 4.39 Å². The summed E-state index contributed by atoms with van der Waals surface area (Å²) in [5.74, 6) is 0. The molecule has 0 N–H and O–H groups in total. The first kappa shape index (κ1) is 11.0. The van der Waals surface area contributed by atoms with Crippen molar-refractivity contribution in [3.8, 4) is 0 Å². The van der Waals surface area contributed by atoms with Crippen LogP contribution in [0, 0.1) is 0 Å². The van der Waals surface area contributed by atoms with Gasteiger partial charge < -0.3 is 0 Å². The van der Waals surface area contributed by atoms with Crippen LogP contribution in [0.15, 0.2) is 30.6 Å². The number of allylic oxidation sites excluding steroid dienone is 1. The lowest BCUT2D eigenvalue weighted by Gasteiger charge is -2.09. The number of alkyl halides is 3. The van der Waals surface area contributed by atoms with Gasteiger partial charge in [0.1, 0.15) is 0 Å². The molecule has 76 valence electrons. The van der Waals surface area contributed by atoms with Crippen molar-refractivity contribution in [2.45, 2.75) is 6.18 Å². The molecule has 0 aliphatic carbocycles. The summed E-state index contributed by atoms with van der Waals surface area (Å²) in [6.07, 6.45) is -5.15. The predicted octanol–water partition coefficient (Wildman–Crippen LogP) is 4.21. The first-order valence-electron chi connectivity index (χ1n) is 3.58. The SMILES string of the molecule is FC=C(c1ccc(Cl)cc1)C(F)(F)F. The van der Waals surface area contributed by atoms with Crippen LogP contribution in [-0.2, 0) is 0 Å². The van der Waals surface area contributed by atoms with Crippen LogP contribution in [0.1, 0.15) is 5.56 Å². The zero-order valence-electron chi connectivity index (χ0n) is 6.78. The highest BCUT2D eigenvalue weighted by molar-refractivity contribution is 6.30. The smallest absolute Gasteiger partial charge is 0.215 e. The van der Waals surface area contributed by atoms with Gasteiger partial charge in [-0.3, -0.25) is 0 Å². The van der Waals surface area contributed by atoms with Crippen LogP contribution in [0.5, 0.6) is 0 Å². The van der Waals surface area contributed by atoms with E-state index < -0.39 is 18.1 Å². The van der Waals surface area contributed by atoms with Gasteiger partial charge in [0, 0.05) is 5.02 Å². The number of rotatable bonds is 1. The Labute approximate surface area is 82.8 Å². The van der Waals surface area contributed by atoms with Crippen molar-refractivity contribution in [3.05, 3.63) is 41.2 Å². The molecule has 0 saturated carbocycles. The van der Waals surface area contributed by atoms with Crippen molar-refractivity contribution >= 4 is 17.2 Å². The molecule has 0 nitrogen and oxygen atoms in total. The van der Waals surface area contributed by atoms with Crippen LogP contribution >= 0.6 is 11.6 Å². The highest BCUT2D eigenvalue weighted by atomic mass is 35.5. The van der Waals surface area contributed by atoms with Gasteiger partial charge in [0.25, 0.3) is 0 Å². The third-order valence-electron chi connectivity index (χ3n) is 1.57. The Morgan fingerprint density at radius 2 is 1.64 bits per heavy atom. The van der Waals surface area contributed by atoms with E-state index in [0.717, 1.165) is 12.1 Å². The van der Waals surface area contributed by atoms with Crippen molar-refractivity contribution in [3.63, 3.8) is 0 Å². The molecule has 0 heterocycles. The molecule has 0 bridgehead atoms. The summed E-state index contributed by atoms with van der Waals surface area (Å²) in [6, 6.07) is 4.76. The van der Waals surface area contributed by atoms with Crippen LogP contribution < -0.4 is 0 Å². The van der Waals surface area contributed by atoms with E-state index >= 15 is 0 Å². The number of hydrogen-bond donors (Lipinski definition) is 0. The average molecular weight is 225 g/mol. The number of benzene rings is 1. The molecule has 0 saturated heterocycles. The van der Waals surface area contributed by atoms with Crippen LogP contribution in [0.2, 0.25) is 5.02 Å². The Balaban J connectivity index is 3.10. The summed E-state index contributed by atoms with van der Waals surface area (Å²) in [5.41, 5.74) is -1.56. The monoisotopic (exact) mass is 224 g/mol. The number of hydrogen-bond acceptors (Lipinski definition) is 0. The number of halogens is 5. The molecular formula is C9H5ClF4. The van der Waals surface area contributed by atoms with Gasteiger partial charge in [0.2, 0.25) is 0 Å². The first-order chi connectivity index (χ1) is 6.45. The van der Waals surface area contributed by atoms with Crippen molar-refractivity contribution < 1.29 is 17.6 Å². The molecule has 0 spiro atoms. The lowest BCUT2D eigenvalue weighted by Crippen LogP contribution is -2.10. The average Bonchev–Trinajstić information content (AvgIpc) is 2.07. The Kier molecular flexibility index (Phi) is 3.16. The van der Waals surface area contributed by atoms with Crippen LogP contribution in [-0.4, -0.2) is 6.18 Å². The highest BCUT2D eigenvalue weighted by Crippen LogP contribution is 2.34. The minimum absolute atomic E-state index is 0.246. The Bertz CT molecular complexity index is 337. The van der Waals surface area contributed by atoms with E-state index in [9.17, 15) is 17.6 Å². The van der Waals surface area contributed by atoms with Gasteiger partial charge in [0.15, 0.2) is 0 Å². The molecule has 1 aromatic carbocycles. The molecule has 1 aromatic rings. The fourth-order valence-electron chi connectivity index (χ4n) is 0.918. The zero-order chi connectivity index (χ0) is 10.8. The molecule has 0 aliphatic rings. The van der Waals surface area contributed by atoms with Gasteiger partial charge in [-0.05, 0) is 17.7 Å². The van der Waals surface area contributed by atoms with E-state index in [0.29, 0.717) is 5.02 Å². The molecule has 0 aliphatic heterocycles. The molecule has 0 aromatic heterocycles. The Morgan fingerprint density at radius 3 is 2.00 bits per heavy atom. The standard InChI is InChI=1S/C9H5ClF4/c10-7-3-1-6(2-4-7)8(5-11)9(12,13)14/h1-5H. The molecule has 0 unspecified atom stereocenters. The molecule has 1 rings (SSSR count). The van der Waals surface area contributed by atoms with Crippen LogP contribution in [0.4, 0.5) is 17.6 Å². The van der Waals surface area contributed by atoms with E-state index in [2.05, 4.69) is 0 Å². The van der Waals surface area contributed by atoms with E-state index in [1.54, 1.807) is 0 Å². The highest BCUT2D eigenvalue weighted by Gasteiger charge is 2.34. The third-order valence-corrected chi connectivity index (χ3v) is 1.82. The van der Waals surface area contributed by atoms with E-state index in [4.69, 9.17) is 11.6 Å². The minimum Gasteiger partial charge on any atom is -0.215 e. The van der Waals surface area contributed by atoms with Crippen molar-refractivity contribution in [1.82, 2.24) is 0 Å². The molecule has 0 radical (unpaired) electrons. The summed E-state index contributed by atoms with van der Waals surface area (Å²) >= 11 is 5.48. The third kappa shape index (κ3) is 2.48. The Morgan fingerprint density at radius 1 is 1.14 bits per heavy atom. The topological polar surface area (TPSA) is 0 Å². The second-order valence-electron chi connectivity index (χ2n) is 2.53. The maximum absolute atomic E-state index is 12.2. The molecule has 0 atom stereocenters. The maximum Gasteiger partial charge on any atom is 0.419 e. The van der Waals surface area contributed by atoms with Crippen molar-refractivity contribution in [2.24, 2.45) is 0 Å². The summed E-state index contributed by atoms with van der Waals surface area (Å²) in [6.45, 7) is 0. The molecule has 5 heteroatoms. The second kappa shape index (κ2) is 4.00. The molecule has 0 amide bonds. The Hall–Kier alpha value is -1.03.